The Balaban J connectivity index is 1.66. The molecule has 0 saturated heterocycles. The van der Waals surface area contributed by atoms with E-state index in [1.165, 1.54) is 6.33 Å². The van der Waals surface area contributed by atoms with Crippen molar-refractivity contribution in [3.63, 3.8) is 0 Å². The smallest absolute Gasteiger partial charge is 0.251 e. The van der Waals surface area contributed by atoms with Crippen LogP contribution in [0, 0.1) is 0 Å². The van der Waals surface area contributed by atoms with Gasteiger partial charge in [-0.05, 0) is 24.3 Å². The minimum absolute atomic E-state index is 0.102. The standard InChI is InChI=1S/C14H13N5O/c20-14(16-7-5-13-17-9-18-19-13)11-3-4-12-10(8-11)2-1-6-15-12/h1-4,6,8-9H,5,7H2,(H,16,20)(H,17,18,19). The summed E-state index contributed by atoms with van der Waals surface area (Å²) in [5.41, 5.74) is 1.51. The van der Waals surface area contributed by atoms with E-state index in [0.29, 0.717) is 18.5 Å². The van der Waals surface area contributed by atoms with Gasteiger partial charge in [0.2, 0.25) is 0 Å². The molecule has 0 aliphatic heterocycles. The van der Waals surface area contributed by atoms with Crippen molar-refractivity contribution in [2.75, 3.05) is 6.54 Å². The molecule has 0 fully saturated rings. The Morgan fingerprint density at radius 1 is 1.25 bits per heavy atom. The Kier molecular flexibility index (Phi) is 3.36. The van der Waals surface area contributed by atoms with E-state index in [0.717, 1.165) is 16.7 Å². The molecule has 0 spiro atoms. The number of nitrogens with zero attached hydrogens (tertiary/aromatic N) is 3. The minimum Gasteiger partial charge on any atom is -0.352 e. The lowest BCUT2D eigenvalue weighted by Crippen LogP contribution is -2.25. The lowest BCUT2D eigenvalue weighted by molar-refractivity contribution is 0.0954. The van der Waals surface area contributed by atoms with Crippen LogP contribution in [0.25, 0.3) is 10.9 Å². The van der Waals surface area contributed by atoms with Gasteiger partial charge < -0.3 is 5.32 Å². The summed E-state index contributed by atoms with van der Waals surface area (Å²) in [7, 11) is 0. The molecule has 0 aliphatic carbocycles. The third kappa shape index (κ3) is 2.64. The van der Waals surface area contributed by atoms with Crippen molar-refractivity contribution in [1.29, 1.82) is 0 Å². The Bertz CT molecular complexity index is 723. The Labute approximate surface area is 115 Å². The normalized spacial score (nSPS) is 10.6. The molecular formula is C14H13N5O. The molecule has 2 N–H and O–H groups in total. The fraction of sp³-hybridized carbons (Fsp3) is 0.143. The predicted molar refractivity (Wildman–Crippen MR) is 74.2 cm³/mol. The molecule has 0 unspecified atom stereocenters. The van der Waals surface area contributed by atoms with E-state index in [2.05, 4.69) is 25.5 Å². The molecule has 3 aromatic rings. The van der Waals surface area contributed by atoms with Gasteiger partial charge in [-0.3, -0.25) is 14.9 Å². The SMILES string of the molecule is O=C(NCCc1ncn[nH]1)c1ccc2ncccc2c1. The van der Waals surface area contributed by atoms with Crippen molar-refractivity contribution in [2.45, 2.75) is 6.42 Å². The molecule has 1 aromatic carbocycles. The van der Waals surface area contributed by atoms with Gasteiger partial charge in [0, 0.05) is 30.1 Å². The number of amides is 1. The molecule has 3 rings (SSSR count). The van der Waals surface area contributed by atoms with E-state index < -0.39 is 0 Å². The molecule has 6 nitrogen and oxygen atoms in total. The number of H-pyrrole nitrogens is 1. The van der Waals surface area contributed by atoms with Crippen molar-refractivity contribution < 1.29 is 4.79 Å². The number of fused-ring (bicyclic) bond motifs is 1. The maximum Gasteiger partial charge on any atom is 0.251 e. The number of pyridine rings is 1. The van der Waals surface area contributed by atoms with Crippen molar-refractivity contribution >= 4 is 16.8 Å². The molecule has 6 heteroatoms. The Morgan fingerprint density at radius 2 is 2.20 bits per heavy atom. The van der Waals surface area contributed by atoms with Crippen LogP contribution in [0.1, 0.15) is 16.2 Å². The summed E-state index contributed by atoms with van der Waals surface area (Å²) in [6.45, 7) is 0.513. The van der Waals surface area contributed by atoms with Crippen molar-refractivity contribution in [3.8, 4) is 0 Å². The molecule has 0 bridgehead atoms. The molecule has 20 heavy (non-hydrogen) atoms. The summed E-state index contributed by atoms with van der Waals surface area (Å²) in [5.74, 6) is 0.656. The number of rotatable bonds is 4. The van der Waals surface area contributed by atoms with Crippen LogP contribution in [0.15, 0.2) is 42.9 Å². The summed E-state index contributed by atoms with van der Waals surface area (Å²) in [6.07, 6.45) is 3.81. The highest BCUT2D eigenvalue weighted by Crippen LogP contribution is 2.13. The average Bonchev–Trinajstić information content (AvgIpc) is 3.00. The number of aromatic amines is 1. The largest absolute Gasteiger partial charge is 0.352 e. The van der Waals surface area contributed by atoms with E-state index >= 15 is 0 Å². The Hall–Kier alpha value is -2.76. The number of hydrogen-bond acceptors (Lipinski definition) is 4. The first-order valence-corrected chi connectivity index (χ1v) is 6.30. The van der Waals surface area contributed by atoms with E-state index in [9.17, 15) is 4.79 Å². The number of carbonyl (C=O) groups is 1. The van der Waals surface area contributed by atoms with E-state index in [4.69, 9.17) is 0 Å². The first-order chi connectivity index (χ1) is 9.83. The van der Waals surface area contributed by atoms with Gasteiger partial charge in [-0.1, -0.05) is 6.07 Å². The first kappa shape index (κ1) is 12.3. The second kappa shape index (κ2) is 5.48. The van der Waals surface area contributed by atoms with Gasteiger partial charge in [-0.15, -0.1) is 0 Å². The fourth-order valence-electron chi connectivity index (χ4n) is 1.96. The molecule has 0 atom stereocenters. The van der Waals surface area contributed by atoms with Crippen LogP contribution in [-0.2, 0) is 6.42 Å². The zero-order chi connectivity index (χ0) is 13.8. The second-order valence-electron chi connectivity index (χ2n) is 4.35. The van der Waals surface area contributed by atoms with Gasteiger partial charge in [-0.2, -0.15) is 5.10 Å². The van der Waals surface area contributed by atoms with E-state index in [1.807, 2.05) is 24.3 Å². The van der Waals surface area contributed by atoms with Crippen LogP contribution in [-0.4, -0.2) is 32.6 Å². The van der Waals surface area contributed by atoms with Crippen molar-refractivity contribution in [1.82, 2.24) is 25.5 Å². The lowest BCUT2D eigenvalue weighted by atomic mass is 10.1. The molecule has 0 radical (unpaired) electrons. The number of aromatic nitrogens is 4. The highest BCUT2D eigenvalue weighted by Gasteiger charge is 2.06. The van der Waals surface area contributed by atoms with Gasteiger partial charge in [0.25, 0.3) is 5.91 Å². The van der Waals surface area contributed by atoms with Crippen LogP contribution in [0.4, 0.5) is 0 Å². The quantitative estimate of drug-likeness (QED) is 0.747. The molecule has 2 aromatic heterocycles. The predicted octanol–water partition coefficient (Wildman–Crippen LogP) is 1.33. The van der Waals surface area contributed by atoms with Crippen LogP contribution < -0.4 is 5.32 Å². The molecule has 1 amide bonds. The van der Waals surface area contributed by atoms with Crippen LogP contribution >= 0.6 is 0 Å². The van der Waals surface area contributed by atoms with Gasteiger partial charge in [0.1, 0.15) is 12.2 Å². The van der Waals surface area contributed by atoms with Crippen molar-refractivity contribution in [2.24, 2.45) is 0 Å². The van der Waals surface area contributed by atoms with Crippen LogP contribution in [0.2, 0.25) is 0 Å². The molecule has 0 aliphatic rings. The zero-order valence-corrected chi connectivity index (χ0v) is 10.7. The Morgan fingerprint density at radius 3 is 3.05 bits per heavy atom. The topological polar surface area (TPSA) is 83.6 Å². The zero-order valence-electron chi connectivity index (χ0n) is 10.7. The van der Waals surface area contributed by atoms with E-state index in [-0.39, 0.29) is 5.91 Å². The van der Waals surface area contributed by atoms with Gasteiger partial charge in [-0.25, -0.2) is 4.98 Å². The molecule has 100 valence electrons. The summed E-state index contributed by atoms with van der Waals surface area (Å²) in [4.78, 5) is 20.3. The molecule has 2 heterocycles. The van der Waals surface area contributed by atoms with Crippen molar-refractivity contribution in [3.05, 3.63) is 54.2 Å². The number of benzene rings is 1. The maximum absolute atomic E-state index is 12.0. The van der Waals surface area contributed by atoms with Gasteiger partial charge >= 0.3 is 0 Å². The maximum atomic E-state index is 12.0. The number of carbonyl (C=O) groups excluding carboxylic acids is 1. The fourth-order valence-corrected chi connectivity index (χ4v) is 1.96. The molecular weight excluding hydrogens is 254 g/mol. The number of hydrogen-bond donors (Lipinski definition) is 2. The van der Waals surface area contributed by atoms with Crippen LogP contribution in [0.5, 0.6) is 0 Å². The van der Waals surface area contributed by atoms with Crippen LogP contribution in [0.3, 0.4) is 0 Å². The summed E-state index contributed by atoms with van der Waals surface area (Å²) >= 11 is 0. The molecule has 0 saturated carbocycles. The van der Waals surface area contributed by atoms with Gasteiger partial charge in [0.15, 0.2) is 0 Å². The first-order valence-electron chi connectivity index (χ1n) is 6.30. The second-order valence-corrected chi connectivity index (χ2v) is 4.35. The highest BCUT2D eigenvalue weighted by atomic mass is 16.1. The number of nitrogens with one attached hydrogen (secondary N) is 2. The van der Waals surface area contributed by atoms with E-state index in [1.54, 1.807) is 12.3 Å². The summed E-state index contributed by atoms with van der Waals surface area (Å²) in [5, 5.41) is 10.3. The van der Waals surface area contributed by atoms with Gasteiger partial charge in [0.05, 0.1) is 5.52 Å². The monoisotopic (exact) mass is 267 g/mol. The summed E-state index contributed by atoms with van der Waals surface area (Å²) in [6, 6.07) is 9.26. The average molecular weight is 267 g/mol. The third-order valence-electron chi connectivity index (χ3n) is 2.98. The minimum atomic E-state index is -0.102. The highest BCUT2D eigenvalue weighted by molar-refractivity contribution is 5.97. The summed E-state index contributed by atoms with van der Waals surface area (Å²) < 4.78 is 0. The third-order valence-corrected chi connectivity index (χ3v) is 2.98. The lowest BCUT2D eigenvalue weighted by Gasteiger charge is -2.05.